The topological polar surface area (TPSA) is 99.0 Å². The van der Waals surface area contributed by atoms with E-state index in [4.69, 9.17) is 10.2 Å². The van der Waals surface area contributed by atoms with Crippen LogP contribution in [-0.4, -0.2) is 26.4 Å². The third-order valence-corrected chi connectivity index (χ3v) is 4.23. The van der Waals surface area contributed by atoms with Gasteiger partial charge in [-0.25, -0.2) is 0 Å². The van der Waals surface area contributed by atoms with E-state index in [-0.39, 0.29) is 17.7 Å². The monoisotopic (exact) mass is 307 g/mol. The fraction of sp³-hybridized carbons (Fsp3) is 0.462. The molecule has 112 valence electrons. The summed E-state index contributed by atoms with van der Waals surface area (Å²) in [4.78, 5) is 12.0. The number of nitrogens with zero attached hydrogens (tertiary/aromatic N) is 3. The fourth-order valence-corrected chi connectivity index (χ4v) is 2.91. The summed E-state index contributed by atoms with van der Waals surface area (Å²) in [5, 5.41) is 11.5. The Kier molecular flexibility index (Phi) is 3.87. The highest BCUT2D eigenvalue weighted by molar-refractivity contribution is 7.99. The lowest BCUT2D eigenvalue weighted by atomic mass is 10.2. The summed E-state index contributed by atoms with van der Waals surface area (Å²) in [7, 11) is 0. The van der Waals surface area contributed by atoms with Gasteiger partial charge in [-0.3, -0.25) is 9.36 Å². The summed E-state index contributed by atoms with van der Waals surface area (Å²) in [6.45, 7) is 1.88. The Morgan fingerprint density at radius 2 is 2.43 bits per heavy atom. The first-order valence-corrected chi connectivity index (χ1v) is 7.79. The predicted octanol–water partition coefficient (Wildman–Crippen LogP) is 1.76. The number of nitrogens with one attached hydrogen (secondary N) is 1. The van der Waals surface area contributed by atoms with E-state index >= 15 is 0 Å². The van der Waals surface area contributed by atoms with Gasteiger partial charge in [-0.15, -0.1) is 10.2 Å². The van der Waals surface area contributed by atoms with Gasteiger partial charge >= 0.3 is 0 Å². The molecule has 2 heterocycles. The van der Waals surface area contributed by atoms with Crippen molar-refractivity contribution < 1.29 is 9.21 Å². The molecule has 8 heteroatoms. The number of rotatable bonds is 6. The second kappa shape index (κ2) is 5.80. The molecule has 3 N–H and O–H groups in total. The highest BCUT2D eigenvalue weighted by atomic mass is 32.2. The number of hydrogen-bond donors (Lipinski definition) is 2. The molecule has 1 fully saturated rings. The van der Waals surface area contributed by atoms with Gasteiger partial charge in [-0.05, 0) is 31.9 Å². The van der Waals surface area contributed by atoms with Crippen molar-refractivity contribution in [3.63, 3.8) is 0 Å². The minimum atomic E-state index is -0.153. The maximum Gasteiger partial charge on any atom is 0.231 e. The molecule has 3 rings (SSSR count). The molecule has 1 aliphatic carbocycles. The molecule has 0 aromatic carbocycles. The number of anilines is 1. The summed E-state index contributed by atoms with van der Waals surface area (Å²) in [5.41, 5.74) is 5.80. The summed E-state index contributed by atoms with van der Waals surface area (Å²) < 4.78 is 7.17. The van der Waals surface area contributed by atoms with Crippen LogP contribution in [0.2, 0.25) is 0 Å². The van der Waals surface area contributed by atoms with Crippen LogP contribution in [0, 0.1) is 0 Å². The maximum absolute atomic E-state index is 12.0. The van der Waals surface area contributed by atoms with Crippen molar-refractivity contribution in [3.8, 4) is 0 Å². The van der Waals surface area contributed by atoms with Gasteiger partial charge in [-0.1, -0.05) is 11.8 Å². The molecule has 21 heavy (non-hydrogen) atoms. The average molecular weight is 307 g/mol. The van der Waals surface area contributed by atoms with Crippen LogP contribution in [0.3, 0.4) is 0 Å². The molecule has 0 radical (unpaired) electrons. The zero-order valence-electron chi connectivity index (χ0n) is 11.7. The number of aromatic nitrogens is 3. The van der Waals surface area contributed by atoms with Crippen LogP contribution in [0.1, 0.15) is 37.6 Å². The second-order valence-electron chi connectivity index (χ2n) is 5.04. The lowest BCUT2D eigenvalue weighted by Gasteiger charge is -2.11. The lowest BCUT2D eigenvalue weighted by Crippen LogP contribution is -2.28. The van der Waals surface area contributed by atoms with Crippen LogP contribution in [0.15, 0.2) is 28.0 Å². The van der Waals surface area contributed by atoms with E-state index in [0.717, 1.165) is 18.6 Å². The number of nitrogen functional groups attached to an aromatic ring is 1. The molecule has 1 aliphatic rings. The van der Waals surface area contributed by atoms with Gasteiger partial charge in [0, 0.05) is 6.04 Å². The minimum absolute atomic E-state index is 0.0761. The Balaban J connectivity index is 1.54. The van der Waals surface area contributed by atoms with Gasteiger partial charge < -0.3 is 15.5 Å². The quantitative estimate of drug-likeness (QED) is 0.789. The summed E-state index contributed by atoms with van der Waals surface area (Å²) in [6.07, 6.45) is 3.78. The normalized spacial score (nSPS) is 15.9. The van der Waals surface area contributed by atoms with Gasteiger partial charge in [0.25, 0.3) is 0 Å². The summed E-state index contributed by atoms with van der Waals surface area (Å²) in [5.74, 6) is 1.35. The smallest absolute Gasteiger partial charge is 0.231 e. The van der Waals surface area contributed by atoms with E-state index in [1.54, 1.807) is 12.3 Å². The Bertz CT molecular complexity index is 621. The van der Waals surface area contributed by atoms with E-state index in [0.29, 0.717) is 17.1 Å². The van der Waals surface area contributed by atoms with Crippen molar-refractivity contribution in [2.45, 2.75) is 37.0 Å². The first kappa shape index (κ1) is 14.0. The highest BCUT2D eigenvalue weighted by Crippen LogP contribution is 2.39. The highest BCUT2D eigenvalue weighted by Gasteiger charge is 2.29. The molecule has 7 nitrogen and oxygen atoms in total. The number of thioether (sulfide) groups is 1. The van der Waals surface area contributed by atoms with Crippen molar-refractivity contribution in [3.05, 3.63) is 24.2 Å². The fourth-order valence-electron chi connectivity index (χ4n) is 2.08. The molecule has 1 amide bonds. The lowest BCUT2D eigenvalue weighted by molar-refractivity contribution is -0.119. The van der Waals surface area contributed by atoms with Crippen molar-refractivity contribution in [1.82, 2.24) is 20.1 Å². The van der Waals surface area contributed by atoms with E-state index in [9.17, 15) is 4.79 Å². The zero-order valence-corrected chi connectivity index (χ0v) is 12.5. The van der Waals surface area contributed by atoms with Crippen LogP contribution in [-0.2, 0) is 4.79 Å². The maximum atomic E-state index is 12.0. The number of nitrogens with two attached hydrogens (primary N) is 1. The Labute approximate surface area is 126 Å². The van der Waals surface area contributed by atoms with E-state index < -0.39 is 0 Å². The SMILES string of the molecule is CC(NC(=O)CSc1nnc(N)n1C1CC1)c1ccco1. The Morgan fingerprint density at radius 1 is 1.62 bits per heavy atom. The van der Waals surface area contributed by atoms with E-state index in [1.807, 2.05) is 17.6 Å². The number of amides is 1. The molecule has 2 aromatic heterocycles. The van der Waals surface area contributed by atoms with Crippen LogP contribution >= 0.6 is 11.8 Å². The van der Waals surface area contributed by atoms with Gasteiger partial charge in [0.1, 0.15) is 5.76 Å². The van der Waals surface area contributed by atoms with Gasteiger partial charge in [0.05, 0.1) is 18.1 Å². The predicted molar refractivity (Wildman–Crippen MR) is 78.7 cm³/mol. The van der Waals surface area contributed by atoms with Gasteiger partial charge in [0.2, 0.25) is 11.9 Å². The number of furan rings is 1. The third-order valence-electron chi connectivity index (χ3n) is 3.28. The van der Waals surface area contributed by atoms with Gasteiger partial charge in [0.15, 0.2) is 5.16 Å². The third kappa shape index (κ3) is 3.21. The molecule has 1 unspecified atom stereocenters. The number of hydrogen-bond acceptors (Lipinski definition) is 6. The van der Waals surface area contributed by atoms with Crippen molar-refractivity contribution in [2.75, 3.05) is 11.5 Å². The first-order chi connectivity index (χ1) is 10.1. The van der Waals surface area contributed by atoms with Crippen LogP contribution in [0.5, 0.6) is 0 Å². The van der Waals surface area contributed by atoms with E-state index in [2.05, 4.69) is 15.5 Å². The zero-order chi connectivity index (χ0) is 14.8. The molecule has 1 atom stereocenters. The molecule has 1 saturated carbocycles. The largest absolute Gasteiger partial charge is 0.467 e. The van der Waals surface area contributed by atoms with Gasteiger partial charge in [-0.2, -0.15) is 0 Å². The van der Waals surface area contributed by atoms with E-state index in [1.165, 1.54) is 11.8 Å². The van der Waals surface area contributed by atoms with Crippen molar-refractivity contribution in [2.24, 2.45) is 0 Å². The summed E-state index contributed by atoms with van der Waals surface area (Å²) >= 11 is 1.35. The standard InChI is InChI=1S/C13H17N5O2S/c1-8(10-3-2-6-20-10)15-11(19)7-21-13-17-16-12(14)18(13)9-4-5-9/h2-3,6,8-9H,4-5,7H2,1H3,(H2,14,16)(H,15,19). The van der Waals surface area contributed by atoms with Crippen molar-refractivity contribution >= 4 is 23.6 Å². The van der Waals surface area contributed by atoms with Crippen LogP contribution < -0.4 is 11.1 Å². The van der Waals surface area contributed by atoms with Crippen LogP contribution in [0.25, 0.3) is 0 Å². The average Bonchev–Trinajstić information content (AvgIpc) is 3.01. The molecule has 0 aliphatic heterocycles. The molecule has 0 saturated heterocycles. The minimum Gasteiger partial charge on any atom is -0.467 e. The molecular formula is C13H17N5O2S. The number of carbonyl (C=O) groups excluding carboxylic acids is 1. The molecule has 0 spiro atoms. The first-order valence-electron chi connectivity index (χ1n) is 6.81. The van der Waals surface area contributed by atoms with Crippen LogP contribution in [0.4, 0.5) is 5.95 Å². The number of carbonyl (C=O) groups is 1. The Hall–Kier alpha value is -1.96. The molecule has 2 aromatic rings. The molecule has 0 bridgehead atoms. The second-order valence-corrected chi connectivity index (χ2v) is 5.98. The molecular weight excluding hydrogens is 290 g/mol. The summed E-state index contributed by atoms with van der Waals surface area (Å²) in [6, 6.07) is 3.88. The van der Waals surface area contributed by atoms with Crippen molar-refractivity contribution in [1.29, 1.82) is 0 Å². The Morgan fingerprint density at radius 3 is 3.10 bits per heavy atom.